The van der Waals surface area contributed by atoms with Gasteiger partial charge in [0.1, 0.15) is 5.52 Å². The lowest BCUT2D eigenvalue weighted by Crippen LogP contribution is -2.10. The minimum atomic E-state index is -0.298. The first kappa shape index (κ1) is 17.1. The van der Waals surface area contributed by atoms with Gasteiger partial charge in [0.2, 0.25) is 5.89 Å². The van der Waals surface area contributed by atoms with Gasteiger partial charge in [0.25, 0.3) is 5.91 Å². The van der Waals surface area contributed by atoms with Crippen LogP contribution in [0.3, 0.4) is 0 Å². The van der Waals surface area contributed by atoms with Gasteiger partial charge in [-0.2, -0.15) is 0 Å². The first-order chi connectivity index (χ1) is 13.1. The van der Waals surface area contributed by atoms with Crippen molar-refractivity contribution in [3.05, 3.63) is 72.2 Å². The van der Waals surface area contributed by atoms with Crippen LogP contribution < -0.4 is 5.32 Å². The summed E-state index contributed by atoms with van der Waals surface area (Å²) in [5.41, 5.74) is 4.30. The van der Waals surface area contributed by atoms with Crippen molar-refractivity contribution in [1.82, 2.24) is 4.98 Å². The maximum Gasteiger partial charge on any atom is 0.291 e. The van der Waals surface area contributed by atoms with Gasteiger partial charge in [-0.05, 0) is 60.4 Å². The second kappa shape index (κ2) is 7.11. The van der Waals surface area contributed by atoms with Crippen LogP contribution in [-0.4, -0.2) is 10.9 Å². The number of oxazole rings is 1. The van der Waals surface area contributed by atoms with Crippen molar-refractivity contribution in [2.45, 2.75) is 26.2 Å². The molecule has 4 aromatic rings. The number of benzene rings is 2. The summed E-state index contributed by atoms with van der Waals surface area (Å²) < 4.78 is 11.0. The molecule has 1 amide bonds. The van der Waals surface area contributed by atoms with Crippen molar-refractivity contribution in [3.8, 4) is 11.5 Å². The summed E-state index contributed by atoms with van der Waals surface area (Å²) >= 11 is 0. The molecular formula is C22H20N2O3. The van der Waals surface area contributed by atoms with Crippen molar-refractivity contribution in [2.75, 3.05) is 5.32 Å². The molecule has 2 aromatic carbocycles. The van der Waals surface area contributed by atoms with Crippen LogP contribution in [0.5, 0.6) is 0 Å². The third-order valence-electron chi connectivity index (χ3n) is 4.71. The van der Waals surface area contributed by atoms with E-state index in [1.54, 1.807) is 12.1 Å². The number of rotatable bonds is 5. The smallest absolute Gasteiger partial charge is 0.291 e. The summed E-state index contributed by atoms with van der Waals surface area (Å²) in [4.78, 5) is 16.8. The second-order valence-electron chi connectivity index (χ2n) is 6.57. The number of nitrogens with zero attached hydrogens (tertiary/aromatic N) is 1. The van der Waals surface area contributed by atoms with E-state index >= 15 is 0 Å². The summed E-state index contributed by atoms with van der Waals surface area (Å²) in [6.07, 6.45) is 2.55. The Bertz CT molecular complexity index is 1080. The van der Waals surface area contributed by atoms with Crippen LogP contribution >= 0.6 is 0 Å². The van der Waals surface area contributed by atoms with E-state index in [2.05, 4.69) is 36.3 Å². The predicted octanol–water partition coefficient (Wildman–Crippen LogP) is 5.85. The normalized spacial score (nSPS) is 12.2. The van der Waals surface area contributed by atoms with Gasteiger partial charge in [-0.25, -0.2) is 4.98 Å². The molecule has 136 valence electrons. The molecule has 0 fully saturated rings. The Morgan fingerprint density at radius 3 is 2.81 bits per heavy atom. The van der Waals surface area contributed by atoms with Crippen LogP contribution in [0, 0.1) is 0 Å². The lowest BCUT2D eigenvalue weighted by atomic mass is 9.98. The average molecular weight is 360 g/mol. The molecule has 0 aliphatic carbocycles. The highest BCUT2D eigenvalue weighted by molar-refractivity contribution is 6.02. The van der Waals surface area contributed by atoms with Crippen LogP contribution in [0.4, 0.5) is 5.69 Å². The zero-order valence-corrected chi connectivity index (χ0v) is 15.2. The molecule has 0 spiro atoms. The molecule has 0 radical (unpaired) electrons. The van der Waals surface area contributed by atoms with Gasteiger partial charge >= 0.3 is 0 Å². The number of anilines is 1. The average Bonchev–Trinajstić information content (AvgIpc) is 3.36. The molecule has 5 heteroatoms. The van der Waals surface area contributed by atoms with E-state index in [1.165, 1.54) is 11.8 Å². The van der Waals surface area contributed by atoms with Crippen molar-refractivity contribution in [2.24, 2.45) is 0 Å². The fraction of sp³-hybridized carbons (Fsp3) is 0.182. The number of fused-ring (bicyclic) bond motifs is 1. The van der Waals surface area contributed by atoms with Crippen molar-refractivity contribution >= 4 is 22.7 Å². The lowest BCUT2D eigenvalue weighted by Gasteiger charge is -2.07. The molecule has 4 rings (SSSR count). The molecule has 1 atom stereocenters. The van der Waals surface area contributed by atoms with Crippen LogP contribution in [0.15, 0.2) is 69.7 Å². The van der Waals surface area contributed by atoms with Gasteiger partial charge in [-0.3, -0.25) is 4.79 Å². The summed E-state index contributed by atoms with van der Waals surface area (Å²) in [6, 6.07) is 16.8. The zero-order chi connectivity index (χ0) is 18.8. The molecule has 0 aliphatic rings. The Labute approximate surface area is 157 Å². The van der Waals surface area contributed by atoms with Gasteiger partial charge in [0, 0.05) is 11.3 Å². The largest absolute Gasteiger partial charge is 0.459 e. The number of carbonyl (C=O) groups excluding carboxylic acids is 1. The van der Waals surface area contributed by atoms with Gasteiger partial charge in [-0.1, -0.05) is 26.0 Å². The van der Waals surface area contributed by atoms with Crippen LogP contribution in [0.25, 0.3) is 22.6 Å². The maximum atomic E-state index is 12.1. The SMILES string of the molecule is CCC(C)c1ccc2oc(-c3cccc(NC(=O)c4ccco4)c3)nc2c1. The highest BCUT2D eigenvalue weighted by Gasteiger charge is 2.13. The molecule has 1 unspecified atom stereocenters. The molecule has 0 aliphatic heterocycles. The number of amides is 1. The zero-order valence-electron chi connectivity index (χ0n) is 15.2. The number of furan rings is 1. The Balaban J connectivity index is 1.62. The molecule has 5 nitrogen and oxygen atoms in total. The van der Waals surface area contributed by atoms with Crippen molar-refractivity contribution < 1.29 is 13.6 Å². The minimum Gasteiger partial charge on any atom is -0.459 e. The minimum absolute atomic E-state index is 0.264. The van der Waals surface area contributed by atoms with Crippen LogP contribution in [0.2, 0.25) is 0 Å². The van der Waals surface area contributed by atoms with Gasteiger partial charge < -0.3 is 14.2 Å². The van der Waals surface area contributed by atoms with E-state index in [1.807, 2.05) is 30.3 Å². The number of hydrogen-bond donors (Lipinski definition) is 1. The Morgan fingerprint density at radius 1 is 1.15 bits per heavy atom. The van der Waals surface area contributed by atoms with Gasteiger partial charge in [-0.15, -0.1) is 0 Å². The lowest BCUT2D eigenvalue weighted by molar-refractivity contribution is 0.0996. The molecular weight excluding hydrogens is 340 g/mol. The summed E-state index contributed by atoms with van der Waals surface area (Å²) in [5.74, 6) is 0.975. The third-order valence-corrected chi connectivity index (χ3v) is 4.71. The number of aromatic nitrogens is 1. The van der Waals surface area contributed by atoms with Gasteiger partial charge in [0.15, 0.2) is 11.3 Å². The molecule has 2 aromatic heterocycles. The Hall–Kier alpha value is -3.34. The standard InChI is InChI=1S/C22H20N2O3/c1-3-14(2)15-9-10-19-18(13-15)24-22(27-19)16-6-4-7-17(12-16)23-21(25)20-8-5-11-26-20/h4-14H,3H2,1-2H3,(H,23,25). The number of carbonyl (C=O) groups is 1. The maximum absolute atomic E-state index is 12.1. The van der Waals surface area contributed by atoms with Crippen molar-refractivity contribution in [3.63, 3.8) is 0 Å². The van der Waals surface area contributed by atoms with E-state index < -0.39 is 0 Å². The third kappa shape index (κ3) is 3.49. The number of nitrogens with one attached hydrogen (secondary N) is 1. The van der Waals surface area contributed by atoms with Gasteiger partial charge in [0.05, 0.1) is 6.26 Å². The molecule has 2 heterocycles. The molecule has 0 saturated carbocycles. The van der Waals surface area contributed by atoms with Crippen molar-refractivity contribution in [1.29, 1.82) is 0 Å². The number of hydrogen-bond acceptors (Lipinski definition) is 4. The Morgan fingerprint density at radius 2 is 2.04 bits per heavy atom. The Kier molecular flexibility index (Phi) is 4.50. The molecule has 0 bridgehead atoms. The summed E-state index contributed by atoms with van der Waals surface area (Å²) in [5, 5.41) is 2.82. The highest BCUT2D eigenvalue weighted by atomic mass is 16.3. The van der Waals surface area contributed by atoms with E-state index in [-0.39, 0.29) is 11.7 Å². The molecule has 1 N–H and O–H groups in total. The van der Waals surface area contributed by atoms with E-state index in [4.69, 9.17) is 8.83 Å². The second-order valence-corrected chi connectivity index (χ2v) is 6.57. The van der Waals surface area contributed by atoms with E-state index in [9.17, 15) is 4.79 Å². The van der Waals surface area contributed by atoms with E-state index in [0.717, 1.165) is 23.1 Å². The first-order valence-electron chi connectivity index (χ1n) is 9.00. The fourth-order valence-corrected chi connectivity index (χ4v) is 2.94. The first-order valence-corrected chi connectivity index (χ1v) is 9.00. The highest BCUT2D eigenvalue weighted by Crippen LogP contribution is 2.29. The quantitative estimate of drug-likeness (QED) is 0.484. The monoisotopic (exact) mass is 360 g/mol. The fourth-order valence-electron chi connectivity index (χ4n) is 2.94. The van der Waals surface area contributed by atoms with E-state index in [0.29, 0.717) is 17.5 Å². The predicted molar refractivity (Wildman–Crippen MR) is 105 cm³/mol. The van der Waals surface area contributed by atoms with Crippen LogP contribution in [-0.2, 0) is 0 Å². The summed E-state index contributed by atoms with van der Waals surface area (Å²) in [7, 11) is 0. The molecule has 0 saturated heterocycles. The topological polar surface area (TPSA) is 68.3 Å². The summed E-state index contributed by atoms with van der Waals surface area (Å²) in [6.45, 7) is 4.37. The van der Waals surface area contributed by atoms with Crippen LogP contribution in [0.1, 0.15) is 42.3 Å². The molecule has 27 heavy (non-hydrogen) atoms.